The van der Waals surface area contributed by atoms with Crippen LogP contribution in [0.25, 0.3) is 0 Å². The molecule has 0 amide bonds. The zero-order chi connectivity index (χ0) is 15.2. The third-order valence-electron chi connectivity index (χ3n) is 2.41. The molecule has 0 aliphatic rings. The molecule has 0 fully saturated rings. The second kappa shape index (κ2) is 7.33. The van der Waals surface area contributed by atoms with Gasteiger partial charge in [0, 0.05) is 23.6 Å². The van der Waals surface area contributed by atoms with Gasteiger partial charge < -0.3 is 4.74 Å². The molecule has 0 saturated carbocycles. The van der Waals surface area contributed by atoms with Crippen molar-refractivity contribution in [2.24, 2.45) is 0 Å². The Morgan fingerprint density at radius 2 is 1.05 bits per heavy atom. The summed E-state index contributed by atoms with van der Waals surface area (Å²) in [7, 11) is 0. The van der Waals surface area contributed by atoms with Crippen LogP contribution in [0.5, 0.6) is 11.5 Å². The Balaban J connectivity index is 2.01. The largest absolute Gasteiger partial charge is 0.457 e. The maximum Gasteiger partial charge on any atom is 0.190 e. The molecule has 0 N–H and O–H groups in total. The fourth-order valence-corrected chi connectivity index (χ4v) is 2.83. The summed E-state index contributed by atoms with van der Waals surface area (Å²) in [5.41, 5.74) is 0. The molecule has 0 atom stereocenters. The minimum Gasteiger partial charge on any atom is -0.457 e. The van der Waals surface area contributed by atoms with E-state index in [9.17, 15) is 9.59 Å². The number of carbonyl (C=O) groups is 2. The van der Waals surface area contributed by atoms with Crippen LogP contribution >= 0.6 is 23.5 Å². The monoisotopic (exact) mass is 318 g/mol. The second-order valence-corrected chi connectivity index (χ2v) is 6.73. The fourth-order valence-electron chi connectivity index (χ4n) is 1.62. The average molecular weight is 318 g/mol. The third kappa shape index (κ3) is 5.28. The summed E-state index contributed by atoms with van der Waals surface area (Å²) >= 11 is 2.38. The molecule has 21 heavy (non-hydrogen) atoms. The van der Waals surface area contributed by atoms with Crippen molar-refractivity contribution in [2.75, 3.05) is 0 Å². The van der Waals surface area contributed by atoms with Gasteiger partial charge in [0.2, 0.25) is 0 Å². The highest BCUT2D eigenvalue weighted by Gasteiger charge is 2.02. The van der Waals surface area contributed by atoms with Crippen molar-refractivity contribution in [3.05, 3.63) is 48.5 Å². The number of hydrogen-bond acceptors (Lipinski definition) is 5. The Hall–Kier alpha value is -1.72. The van der Waals surface area contributed by atoms with Crippen molar-refractivity contribution < 1.29 is 14.3 Å². The van der Waals surface area contributed by atoms with Crippen molar-refractivity contribution in [2.45, 2.75) is 23.6 Å². The Labute approximate surface area is 132 Å². The van der Waals surface area contributed by atoms with E-state index in [2.05, 4.69) is 0 Å². The van der Waals surface area contributed by atoms with Gasteiger partial charge in [-0.2, -0.15) is 0 Å². The number of rotatable bonds is 4. The van der Waals surface area contributed by atoms with Crippen LogP contribution in [0, 0.1) is 0 Å². The minimum atomic E-state index is 0.0576. The van der Waals surface area contributed by atoms with Gasteiger partial charge in [0.15, 0.2) is 10.2 Å². The second-order valence-electron chi connectivity index (χ2n) is 4.23. The van der Waals surface area contributed by atoms with E-state index in [-0.39, 0.29) is 10.2 Å². The lowest BCUT2D eigenvalue weighted by atomic mass is 10.3. The van der Waals surface area contributed by atoms with Crippen LogP contribution in [0.4, 0.5) is 0 Å². The van der Waals surface area contributed by atoms with Gasteiger partial charge in [-0.3, -0.25) is 9.59 Å². The molecule has 0 heterocycles. The van der Waals surface area contributed by atoms with Crippen molar-refractivity contribution in [3.8, 4) is 11.5 Å². The lowest BCUT2D eigenvalue weighted by Gasteiger charge is -2.07. The number of ether oxygens (including phenoxy) is 1. The lowest BCUT2D eigenvalue weighted by molar-refractivity contribution is -0.109. The van der Waals surface area contributed by atoms with Crippen LogP contribution in [-0.2, 0) is 9.59 Å². The van der Waals surface area contributed by atoms with E-state index in [1.54, 1.807) is 0 Å². The molecule has 0 aromatic heterocycles. The number of hydrogen-bond donors (Lipinski definition) is 0. The summed E-state index contributed by atoms with van der Waals surface area (Å²) in [6.45, 7) is 3.07. The van der Waals surface area contributed by atoms with Crippen LogP contribution in [0.15, 0.2) is 58.3 Å². The van der Waals surface area contributed by atoms with Gasteiger partial charge in [-0.1, -0.05) is 23.5 Å². The molecule has 0 spiro atoms. The Kier molecular flexibility index (Phi) is 5.47. The van der Waals surface area contributed by atoms with Gasteiger partial charge in [-0.15, -0.1) is 0 Å². The molecule has 5 heteroatoms. The normalized spacial score (nSPS) is 10.2. The number of benzene rings is 2. The van der Waals surface area contributed by atoms with E-state index in [4.69, 9.17) is 4.74 Å². The van der Waals surface area contributed by atoms with Crippen LogP contribution in [-0.4, -0.2) is 10.2 Å². The summed E-state index contributed by atoms with van der Waals surface area (Å²) < 4.78 is 5.71. The maximum absolute atomic E-state index is 11.0. The van der Waals surface area contributed by atoms with Gasteiger partial charge in [-0.05, 0) is 48.5 Å². The summed E-state index contributed by atoms with van der Waals surface area (Å²) in [5.74, 6) is 1.41. The quantitative estimate of drug-likeness (QED) is 0.761. The number of thioether (sulfide) groups is 2. The first-order valence-electron chi connectivity index (χ1n) is 6.28. The first-order chi connectivity index (χ1) is 10.0. The number of carbonyl (C=O) groups excluding carboxylic acids is 2. The summed E-state index contributed by atoms with van der Waals surface area (Å²) in [6, 6.07) is 14.7. The van der Waals surface area contributed by atoms with E-state index in [0.717, 1.165) is 9.79 Å². The molecule has 0 aliphatic heterocycles. The molecular formula is C16H14O3S2. The molecular weight excluding hydrogens is 304 g/mol. The van der Waals surface area contributed by atoms with Crippen molar-refractivity contribution in [1.82, 2.24) is 0 Å². The van der Waals surface area contributed by atoms with Crippen molar-refractivity contribution >= 4 is 33.8 Å². The van der Waals surface area contributed by atoms with Crippen LogP contribution in [0.2, 0.25) is 0 Å². The van der Waals surface area contributed by atoms with Gasteiger partial charge in [0.05, 0.1) is 0 Å². The SMILES string of the molecule is CC(=O)Sc1ccc(Oc2ccc(SC(C)=O)cc2)cc1. The molecule has 2 aromatic rings. The fraction of sp³-hybridized carbons (Fsp3) is 0.125. The molecule has 0 bridgehead atoms. The van der Waals surface area contributed by atoms with Gasteiger partial charge in [-0.25, -0.2) is 0 Å². The Morgan fingerprint density at radius 3 is 1.33 bits per heavy atom. The summed E-state index contributed by atoms with van der Waals surface area (Å²) in [4.78, 5) is 23.8. The highest BCUT2D eigenvalue weighted by atomic mass is 32.2. The summed E-state index contributed by atoms with van der Waals surface area (Å²) in [6.07, 6.45) is 0. The van der Waals surface area contributed by atoms with E-state index in [0.29, 0.717) is 11.5 Å². The molecule has 3 nitrogen and oxygen atoms in total. The highest BCUT2D eigenvalue weighted by Crippen LogP contribution is 2.27. The molecule has 0 radical (unpaired) electrons. The zero-order valence-corrected chi connectivity index (χ0v) is 13.3. The van der Waals surface area contributed by atoms with Crippen LogP contribution in [0.1, 0.15) is 13.8 Å². The van der Waals surface area contributed by atoms with Gasteiger partial charge in [0.25, 0.3) is 0 Å². The standard InChI is InChI=1S/C16H14O3S2/c1-11(17)20-15-7-3-13(4-8-15)19-14-5-9-16(10-6-14)21-12(2)18/h3-10H,1-2H3. The maximum atomic E-state index is 11.0. The average Bonchev–Trinajstić information content (AvgIpc) is 2.42. The van der Waals surface area contributed by atoms with Crippen LogP contribution < -0.4 is 4.74 Å². The first kappa shape index (κ1) is 15.7. The Bertz CT molecular complexity index is 576. The van der Waals surface area contributed by atoms with E-state index in [1.807, 2.05) is 48.5 Å². The van der Waals surface area contributed by atoms with Gasteiger partial charge in [0.1, 0.15) is 11.5 Å². The zero-order valence-electron chi connectivity index (χ0n) is 11.7. The van der Waals surface area contributed by atoms with Crippen molar-refractivity contribution in [3.63, 3.8) is 0 Å². The molecule has 2 aromatic carbocycles. The van der Waals surface area contributed by atoms with Gasteiger partial charge >= 0.3 is 0 Å². The van der Waals surface area contributed by atoms with Crippen LogP contribution in [0.3, 0.4) is 0 Å². The topological polar surface area (TPSA) is 43.4 Å². The van der Waals surface area contributed by atoms with E-state index >= 15 is 0 Å². The van der Waals surface area contributed by atoms with E-state index < -0.39 is 0 Å². The highest BCUT2D eigenvalue weighted by molar-refractivity contribution is 8.13. The first-order valence-corrected chi connectivity index (χ1v) is 7.91. The predicted octanol–water partition coefficient (Wildman–Crippen LogP) is 4.76. The predicted molar refractivity (Wildman–Crippen MR) is 86.0 cm³/mol. The van der Waals surface area contributed by atoms with E-state index in [1.165, 1.54) is 37.4 Å². The molecule has 0 unspecified atom stereocenters. The molecule has 0 aliphatic carbocycles. The molecule has 108 valence electrons. The lowest BCUT2D eigenvalue weighted by Crippen LogP contribution is -1.86. The third-order valence-corrected chi connectivity index (χ3v) is 4.00. The smallest absolute Gasteiger partial charge is 0.190 e. The Morgan fingerprint density at radius 1 is 0.714 bits per heavy atom. The minimum absolute atomic E-state index is 0.0576. The molecule has 2 rings (SSSR count). The summed E-state index contributed by atoms with van der Waals surface area (Å²) in [5, 5.41) is 0.115. The van der Waals surface area contributed by atoms with Crippen molar-refractivity contribution in [1.29, 1.82) is 0 Å². The molecule has 0 saturated heterocycles.